The largest absolute Gasteiger partial charge is 0.478 e. The highest BCUT2D eigenvalue weighted by Crippen LogP contribution is 2.27. The van der Waals surface area contributed by atoms with E-state index in [0.29, 0.717) is 5.57 Å². The van der Waals surface area contributed by atoms with Crippen LogP contribution in [0.4, 0.5) is 0 Å². The second-order valence-corrected chi connectivity index (χ2v) is 5.71. The van der Waals surface area contributed by atoms with Crippen molar-refractivity contribution >= 4 is 39.7 Å². The number of benzene rings is 2. The lowest BCUT2D eigenvalue weighted by molar-refractivity contribution is -0.132. The first kappa shape index (κ1) is 14.3. The Morgan fingerprint density at radius 2 is 1.90 bits per heavy atom. The molecule has 0 heterocycles. The zero-order valence-electron chi connectivity index (χ0n) is 11.2. The van der Waals surface area contributed by atoms with Gasteiger partial charge in [-0.3, -0.25) is 4.79 Å². The number of rotatable bonds is 3. The number of thioether (sulfide) groups is 1. The van der Waals surface area contributed by atoms with Crippen LogP contribution < -0.4 is 0 Å². The summed E-state index contributed by atoms with van der Waals surface area (Å²) in [6, 6.07) is 11.4. The van der Waals surface area contributed by atoms with Crippen molar-refractivity contribution in [3.05, 3.63) is 47.5 Å². The summed E-state index contributed by atoms with van der Waals surface area (Å²) >= 11 is 1.19. The first-order chi connectivity index (χ1) is 9.47. The van der Waals surface area contributed by atoms with Gasteiger partial charge in [0.25, 0.3) is 0 Å². The molecule has 0 aromatic heterocycles. The van der Waals surface area contributed by atoms with Gasteiger partial charge in [-0.25, -0.2) is 4.79 Å². The summed E-state index contributed by atoms with van der Waals surface area (Å²) in [6.45, 7) is 3.10. The molecule has 0 aliphatic heterocycles. The van der Waals surface area contributed by atoms with E-state index >= 15 is 0 Å². The van der Waals surface area contributed by atoms with Gasteiger partial charge in [0, 0.05) is 17.4 Å². The first-order valence-electron chi connectivity index (χ1n) is 6.10. The highest BCUT2D eigenvalue weighted by atomic mass is 32.2. The highest BCUT2D eigenvalue weighted by molar-refractivity contribution is 8.13. The molecule has 0 fully saturated rings. The molecular formula is C16H14O3S. The molecule has 1 N–H and O–H groups in total. The second kappa shape index (κ2) is 5.92. The summed E-state index contributed by atoms with van der Waals surface area (Å²) in [5.41, 5.74) is 1.15. The van der Waals surface area contributed by atoms with E-state index in [1.807, 2.05) is 36.4 Å². The molecule has 4 heteroatoms. The number of carboxylic acids is 1. The number of hydrogen-bond acceptors (Lipinski definition) is 3. The molecule has 0 saturated heterocycles. The second-order valence-electron chi connectivity index (χ2n) is 4.46. The zero-order valence-corrected chi connectivity index (χ0v) is 12.0. The Labute approximate surface area is 121 Å². The van der Waals surface area contributed by atoms with E-state index in [1.165, 1.54) is 18.7 Å². The van der Waals surface area contributed by atoms with Gasteiger partial charge in [0.15, 0.2) is 5.12 Å². The van der Waals surface area contributed by atoms with Gasteiger partial charge in [-0.05, 0) is 41.5 Å². The Morgan fingerprint density at radius 1 is 1.15 bits per heavy atom. The van der Waals surface area contributed by atoms with Crippen LogP contribution in [0.2, 0.25) is 0 Å². The standard InChI is InChI=1S/C16H14O3S/c1-10(16(18)19)8-12-4-3-5-13-9-14(20-11(2)17)6-7-15(12)13/h3-9H,1-2H3,(H,18,19)/b10-8+. The van der Waals surface area contributed by atoms with Gasteiger partial charge in [0.05, 0.1) is 0 Å². The quantitative estimate of drug-likeness (QED) is 0.685. The van der Waals surface area contributed by atoms with Crippen LogP contribution in [-0.4, -0.2) is 16.2 Å². The molecule has 0 unspecified atom stereocenters. The van der Waals surface area contributed by atoms with Crippen molar-refractivity contribution in [2.24, 2.45) is 0 Å². The highest BCUT2D eigenvalue weighted by Gasteiger charge is 2.05. The molecule has 0 amide bonds. The molecule has 2 aromatic carbocycles. The summed E-state index contributed by atoms with van der Waals surface area (Å²) in [5.74, 6) is -0.925. The van der Waals surface area contributed by atoms with Crippen molar-refractivity contribution in [2.45, 2.75) is 18.7 Å². The summed E-state index contributed by atoms with van der Waals surface area (Å²) in [5, 5.41) is 11.0. The molecule has 0 radical (unpaired) electrons. The normalized spacial score (nSPS) is 11.6. The first-order valence-corrected chi connectivity index (χ1v) is 6.92. The Kier molecular flexibility index (Phi) is 4.25. The minimum absolute atomic E-state index is 0.0436. The van der Waals surface area contributed by atoms with E-state index in [2.05, 4.69) is 0 Å². The molecule has 3 nitrogen and oxygen atoms in total. The molecule has 0 saturated carbocycles. The SMILES string of the molecule is CC(=O)Sc1ccc2c(/C=C(\C)C(=O)O)cccc2c1. The van der Waals surface area contributed by atoms with Crippen LogP contribution in [0.25, 0.3) is 16.8 Å². The number of carbonyl (C=O) groups excluding carboxylic acids is 1. The minimum Gasteiger partial charge on any atom is -0.478 e. The maximum Gasteiger partial charge on any atom is 0.331 e. The maximum absolute atomic E-state index is 11.1. The predicted octanol–water partition coefficient (Wildman–Crippen LogP) is 3.97. The van der Waals surface area contributed by atoms with Crippen LogP contribution in [0.1, 0.15) is 19.4 Å². The van der Waals surface area contributed by atoms with Gasteiger partial charge in [-0.1, -0.05) is 36.0 Å². The van der Waals surface area contributed by atoms with Crippen LogP contribution in [0, 0.1) is 0 Å². The fourth-order valence-corrected chi connectivity index (χ4v) is 2.59. The monoisotopic (exact) mass is 286 g/mol. The molecule has 0 aliphatic rings. The summed E-state index contributed by atoms with van der Waals surface area (Å²) in [7, 11) is 0. The van der Waals surface area contributed by atoms with E-state index < -0.39 is 5.97 Å². The Bertz CT molecular complexity index is 717. The fourth-order valence-electron chi connectivity index (χ4n) is 1.94. The van der Waals surface area contributed by atoms with Crippen molar-refractivity contribution in [1.29, 1.82) is 0 Å². The van der Waals surface area contributed by atoms with Gasteiger partial charge < -0.3 is 5.11 Å². The topological polar surface area (TPSA) is 54.4 Å². The van der Waals surface area contributed by atoms with Crippen molar-refractivity contribution in [3.63, 3.8) is 0 Å². The summed E-state index contributed by atoms with van der Waals surface area (Å²) < 4.78 is 0. The number of carboxylic acid groups (broad SMARTS) is 1. The Balaban J connectivity index is 2.51. The van der Waals surface area contributed by atoms with E-state index in [4.69, 9.17) is 5.11 Å². The lowest BCUT2D eigenvalue weighted by Gasteiger charge is -2.05. The minimum atomic E-state index is -0.925. The van der Waals surface area contributed by atoms with Crippen LogP contribution in [0.15, 0.2) is 46.9 Å². The van der Waals surface area contributed by atoms with E-state index in [9.17, 15) is 9.59 Å². The van der Waals surface area contributed by atoms with Gasteiger partial charge >= 0.3 is 5.97 Å². The molecule has 102 valence electrons. The molecular weight excluding hydrogens is 272 g/mol. The van der Waals surface area contributed by atoms with Crippen molar-refractivity contribution < 1.29 is 14.7 Å². The lowest BCUT2D eigenvalue weighted by atomic mass is 10.0. The third-order valence-electron chi connectivity index (χ3n) is 2.86. The number of hydrogen-bond donors (Lipinski definition) is 1. The van der Waals surface area contributed by atoms with E-state index in [-0.39, 0.29) is 5.12 Å². The molecule has 0 spiro atoms. The van der Waals surface area contributed by atoms with Crippen LogP contribution in [-0.2, 0) is 9.59 Å². The van der Waals surface area contributed by atoms with Gasteiger partial charge in [-0.2, -0.15) is 0 Å². The van der Waals surface area contributed by atoms with Crippen LogP contribution in [0.5, 0.6) is 0 Å². The third-order valence-corrected chi connectivity index (χ3v) is 3.63. The maximum atomic E-state index is 11.1. The summed E-state index contributed by atoms with van der Waals surface area (Å²) in [4.78, 5) is 22.9. The molecule has 0 aliphatic carbocycles. The van der Waals surface area contributed by atoms with Gasteiger partial charge in [-0.15, -0.1) is 0 Å². The van der Waals surface area contributed by atoms with E-state index in [0.717, 1.165) is 21.2 Å². The zero-order chi connectivity index (χ0) is 14.7. The van der Waals surface area contributed by atoms with Gasteiger partial charge in [0.2, 0.25) is 0 Å². The van der Waals surface area contributed by atoms with Gasteiger partial charge in [0.1, 0.15) is 0 Å². The van der Waals surface area contributed by atoms with Crippen molar-refractivity contribution in [3.8, 4) is 0 Å². The molecule has 2 aromatic rings. The van der Waals surface area contributed by atoms with Crippen LogP contribution in [0.3, 0.4) is 0 Å². The summed E-state index contributed by atoms with van der Waals surface area (Å²) in [6.07, 6.45) is 1.66. The Hall–Kier alpha value is -2.07. The van der Waals surface area contributed by atoms with Crippen molar-refractivity contribution in [2.75, 3.05) is 0 Å². The fraction of sp³-hybridized carbons (Fsp3) is 0.125. The lowest BCUT2D eigenvalue weighted by Crippen LogP contribution is -1.95. The molecule has 20 heavy (non-hydrogen) atoms. The molecule has 2 rings (SSSR count). The average molecular weight is 286 g/mol. The predicted molar refractivity (Wildman–Crippen MR) is 81.8 cm³/mol. The smallest absolute Gasteiger partial charge is 0.331 e. The molecule has 0 bridgehead atoms. The number of carbonyl (C=O) groups is 2. The molecule has 0 atom stereocenters. The van der Waals surface area contributed by atoms with Crippen molar-refractivity contribution in [1.82, 2.24) is 0 Å². The average Bonchev–Trinajstić information content (AvgIpc) is 2.37. The number of fused-ring (bicyclic) bond motifs is 1. The Morgan fingerprint density at radius 3 is 2.55 bits per heavy atom. The number of aliphatic carboxylic acids is 1. The van der Waals surface area contributed by atoms with Crippen LogP contribution >= 0.6 is 11.8 Å². The van der Waals surface area contributed by atoms with E-state index in [1.54, 1.807) is 13.0 Å². The third kappa shape index (κ3) is 3.27.